The van der Waals surface area contributed by atoms with Crippen molar-refractivity contribution in [3.63, 3.8) is 0 Å². The molecule has 0 aliphatic carbocycles. The third-order valence-corrected chi connectivity index (χ3v) is 3.68. The minimum atomic E-state index is -0.388. The molecule has 0 N–H and O–H groups in total. The fraction of sp³-hybridized carbons (Fsp3) is 0.889. The number of nitrogens with zero attached hydrogens (tertiary/aromatic N) is 1. The summed E-state index contributed by atoms with van der Waals surface area (Å²) in [5, 5.41) is 1.04. The molecule has 0 saturated heterocycles. The molecule has 0 unspecified atom stereocenters. The van der Waals surface area contributed by atoms with Gasteiger partial charge in [0.25, 0.3) is 0 Å². The normalized spacial score (nSPS) is 10.8. The maximum atomic E-state index is 11.3. The van der Waals surface area contributed by atoms with E-state index in [9.17, 15) is 9.59 Å². The quantitative estimate of drug-likeness (QED) is 0.314. The molecule has 5 heteroatoms. The van der Waals surface area contributed by atoms with Gasteiger partial charge < -0.3 is 9.68 Å². The predicted octanol–water partition coefficient (Wildman–Crippen LogP) is 4.95. The van der Waals surface area contributed by atoms with Gasteiger partial charge in [-0.1, -0.05) is 78.6 Å². The lowest BCUT2D eigenvalue weighted by Gasteiger charge is -2.18. The van der Waals surface area contributed by atoms with E-state index in [0.29, 0.717) is 6.54 Å². The average molecular weight is 329 g/mol. The molecule has 0 fully saturated rings. The second-order valence-corrected chi connectivity index (χ2v) is 5.87. The minimum Gasteiger partial charge on any atom is -0.333 e. The number of carbonyl (C=O) groups excluding carboxylic acids is 2. The second-order valence-electron chi connectivity index (χ2n) is 5.87. The van der Waals surface area contributed by atoms with E-state index in [1.54, 1.807) is 13.8 Å². The highest BCUT2D eigenvalue weighted by molar-refractivity contribution is 5.69. The van der Waals surface area contributed by atoms with Crippen molar-refractivity contribution in [2.24, 2.45) is 0 Å². The molecule has 0 heterocycles. The number of carbonyl (C=O) groups is 2. The van der Waals surface area contributed by atoms with Gasteiger partial charge >= 0.3 is 11.9 Å². The van der Waals surface area contributed by atoms with E-state index in [0.717, 1.165) is 18.1 Å². The molecule has 0 aliphatic rings. The standard InChI is InChI=1S/C18H35NO4/c1-4-7-8-9-10-11-12-13-14-15-16-19(22-17(20)5-2)23-18(21)6-3/h4-16H2,1-3H3. The van der Waals surface area contributed by atoms with Crippen LogP contribution in [-0.4, -0.2) is 23.7 Å². The van der Waals surface area contributed by atoms with Crippen molar-refractivity contribution in [1.82, 2.24) is 5.23 Å². The Morgan fingerprint density at radius 3 is 1.43 bits per heavy atom. The summed E-state index contributed by atoms with van der Waals surface area (Å²) in [7, 11) is 0. The number of hydrogen-bond donors (Lipinski definition) is 0. The van der Waals surface area contributed by atoms with Crippen LogP contribution in [0.4, 0.5) is 0 Å². The number of unbranched alkanes of at least 4 members (excludes halogenated alkanes) is 9. The summed E-state index contributed by atoms with van der Waals surface area (Å²) < 4.78 is 0. The molecule has 136 valence electrons. The van der Waals surface area contributed by atoms with Crippen molar-refractivity contribution in [3.05, 3.63) is 0 Å². The Morgan fingerprint density at radius 2 is 1.04 bits per heavy atom. The van der Waals surface area contributed by atoms with Crippen LogP contribution in [-0.2, 0) is 19.3 Å². The van der Waals surface area contributed by atoms with E-state index >= 15 is 0 Å². The zero-order valence-electron chi connectivity index (χ0n) is 15.3. The smallest absolute Gasteiger partial charge is 0.328 e. The van der Waals surface area contributed by atoms with Gasteiger partial charge in [-0.2, -0.15) is 0 Å². The van der Waals surface area contributed by atoms with Crippen molar-refractivity contribution in [1.29, 1.82) is 0 Å². The molecule has 23 heavy (non-hydrogen) atoms. The van der Waals surface area contributed by atoms with Crippen LogP contribution in [0.2, 0.25) is 0 Å². The van der Waals surface area contributed by atoms with Gasteiger partial charge in [-0.05, 0) is 6.42 Å². The summed E-state index contributed by atoms with van der Waals surface area (Å²) in [4.78, 5) is 32.7. The van der Waals surface area contributed by atoms with Crippen LogP contribution >= 0.6 is 0 Å². The first kappa shape index (κ1) is 21.9. The van der Waals surface area contributed by atoms with Crippen molar-refractivity contribution < 1.29 is 19.3 Å². The van der Waals surface area contributed by atoms with Crippen molar-refractivity contribution in [3.8, 4) is 0 Å². The highest BCUT2D eigenvalue weighted by Crippen LogP contribution is 2.11. The van der Waals surface area contributed by atoms with Crippen molar-refractivity contribution >= 4 is 11.9 Å². The van der Waals surface area contributed by atoms with Crippen molar-refractivity contribution in [2.45, 2.75) is 97.8 Å². The molecule has 0 saturated carbocycles. The van der Waals surface area contributed by atoms with Gasteiger partial charge in [-0.25, -0.2) is 0 Å². The van der Waals surface area contributed by atoms with E-state index in [-0.39, 0.29) is 24.8 Å². The van der Waals surface area contributed by atoms with Crippen LogP contribution in [0.5, 0.6) is 0 Å². The molecule has 0 spiro atoms. The molecule has 0 aliphatic heterocycles. The molecule has 0 atom stereocenters. The predicted molar refractivity (Wildman–Crippen MR) is 91.3 cm³/mol. The van der Waals surface area contributed by atoms with E-state index in [2.05, 4.69) is 6.92 Å². The maximum Gasteiger partial charge on any atom is 0.328 e. The number of hydroxylamine groups is 2. The summed E-state index contributed by atoms with van der Waals surface area (Å²) in [6.07, 6.45) is 12.8. The Bertz CT molecular complexity index is 289. The van der Waals surface area contributed by atoms with Gasteiger partial charge in [0.2, 0.25) is 0 Å². The monoisotopic (exact) mass is 329 g/mol. The van der Waals surface area contributed by atoms with Gasteiger partial charge in [0.15, 0.2) is 0 Å². The molecule has 0 rings (SSSR count). The lowest BCUT2D eigenvalue weighted by Crippen LogP contribution is -2.31. The summed E-state index contributed by atoms with van der Waals surface area (Å²) >= 11 is 0. The van der Waals surface area contributed by atoms with Crippen LogP contribution in [0.3, 0.4) is 0 Å². The van der Waals surface area contributed by atoms with Crippen LogP contribution in [0, 0.1) is 0 Å². The van der Waals surface area contributed by atoms with Gasteiger partial charge in [-0.3, -0.25) is 9.59 Å². The summed E-state index contributed by atoms with van der Waals surface area (Å²) in [6.45, 7) is 6.10. The lowest BCUT2D eigenvalue weighted by molar-refractivity contribution is -0.325. The molecular weight excluding hydrogens is 294 g/mol. The SMILES string of the molecule is CCCCCCCCCCCCN(OC(=O)CC)OC(=O)CC. The third kappa shape index (κ3) is 14.2. The first-order valence-corrected chi connectivity index (χ1v) is 9.33. The van der Waals surface area contributed by atoms with E-state index in [1.807, 2.05) is 0 Å². The zero-order valence-corrected chi connectivity index (χ0v) is 15.3. The number of rotatable bonds is 15. The van der Waals surface area contributed by atoms with Crippen LogP contribution in [0.25, 0.3) is 0 Å². The molecule has 0 aromatic rings. The Hall–Kier alpha value is -1.10. The fourth-order valence-electron chi connectivity index (χ4n) is 2.19. The van der Waals surface area contributed by atoms with Gasteiger partial charge in [0.1, 0.15) is 0 Å². The average Bonchev–Trinajstić information content (AvgIpc) is 2.55. The Balaban J connectivity index is 3.69. The molecule has 0 aromatic heterocycles. The second kappa shape index (κ2) is 15.8. The molecule has 0 radical (unpaired) electrons. The first-order valence-electron chi connectivity index (χ1n) is 9.33. The van der Waals surface area contributed by atoms with Crippen LogP contribution in [0.15, 0.2) is 0 Å². The van der Waals surface area contributed by atoms with Crippen molar-refractivity contribution in [2.75, 3.05) is 6.54 Å². The van der Waals surface area contributed by atoms with Gasteiger partial charge in [0, 0.05) is 18.1 Å². The highest BCUT2D eigenvalue weighted by atomic mass is 17.0. The van der Waals surface area contributed by atoms with E-state index < -0.39 is 0 Å². The largest absolute Gasteiger partial charge is 0.333 e. The first-order chi connectivity index (χ1) is 11.1. The Labute approximate surface area is 141 Å². The summed E-state index contributed by atoms with van der Waals surface area (Å²) in [5.41, 5.74) is 0. The zero-order chi connectivity index (χ0) is 17.3. The lowest BCUT2D eigenvalue weighted by atomic mass is 10.1. The minimum absolute atomic E-state index is 0.262. The van der Waals surface area contributed by atoms with Gasteiger partial charge in [0.05, 0.1) is 6.54 Å². The topological polar surface area (TPSA) is 55.8 Å². The number of hydrogen-bond acceptors (Lipinski definition) is 5. The molecule has 0 aromatic carbocycles. The summed E-state index contributed by atoms with van der Waals surface area (Å²) in [5.74, 6) is -0.776. The van der Waals surface area contributed by atoms with E-state index in [1.165, 1.54) is 51.4 Å². The highest BCUT2D eigenvalue weighted by Gasteiger charge is 2.14. The van der Waals surface area contributed by atoms with E-state index in [4.69, 9.17) is 9.68 Å². The van der Waals surface area contributed by atoms with Crippen LogP contribution < -0.4 is 0 Å². The van der Waals surface area contributed by atoms with Gasteiger partial charge in [-0.15, -0.1) is 0 Å². The Morgan fingerprint density at radius 1 is 0.652 bits per heavy atom. The molecule has 5 nitrogen and oxygen atoms in total. The third-order valence-electron chi connectivity index (χ3n) is 3.68. The summed E-state index contributed by atoms with van der Waals surface area (Å²) in [6, 6.07) is 0. The molecular formula is C18H35NO4. The van der Waals surface area contributed by atoms with Crippen LogP contribution in [0.1, 0.15) is 97.8 Å². The molecule has 0 amide bonds. The maximum absolute atomic E-state index is 11.3. The fourth-order valence-corrected chi connectivity index (χ4v) is 2.19. The molecule has 0 bridgehead atoms. The Kier molecular flexibility index (Phi) is 15.0.